The number of hydrogen-bond donors (Lipinski definition) is 1. The summed E-state index contributed by atoms with van der Waals surface area (Å²) in [5.74, 6) is -0.547. The van der Waals surface area contributed by atoms with Crippen LogP contribution in [0.4, 0.5) is 0 Å². The van der Waals surface area contributed by atoms with Gasteiger partial charge in [-0.3, -0.25) is 0 Å². The number of carbonyl (C=O) groups excluding carboxylic acids is 2. The molecule has 0 aromatic heterocycles. The molecule has 2 rings (SSSR count). The molecule has 0 spiro atoms. The van der Waals surface area contributed by atoms with E-state index in [-0.39, 0.29) is 17.7 Å². The Labute approximate surface area is 201 Å². The highest BCUT2D eigenvalue weighted by atomic mass is 16.5. The highest BCUT2D eigenvalue weighted by molar-refractivity contribution is 6.03. The number of hydrogen-bond acceptors (Lipinski definition) is 6. The third kappa shape index (κ3) is 7.06. The van der Waals surface area contributed by atoms with Crippen molar-refractivity contribution in [3.63, 3.8) is 0 Å². The van der Waals surface area contributed by atoms with Gasteiger partial charge < -0.3 is 19.3 Å². The van der Waals surface area contributed by atoms with Gasteiger partial charge in [-0.15, -0.1) is 0 Å². The monoisotopic (exact) mass is 466 g/mol. The summed E-state index contributed by atoms with van der Waals surface area (Å²) < 4.78 is 15.5. The van der Waals surface area contributed by atoms with E-state index in [1.807, 2.05) is 56.3 Å². The predicted molar refractivity (Wildman–Crippen MR) is 133 cm³/mol. The number of methoxy groups -OCH3 is 2. The Kier molecular flexibility index (Phi) is 10.1. The van der Waals surface area contributed by atoms with Crippen LogP contribution in [0.25, 0.3) is 5.57 Å². The van der Waals surface area contributed by atoms with Crippen LogP contribution in [0.15, 0.2) is 60.7 Å². The van der Waals surface area contributed by atoms with Crippen molar-refractivity contribution in [3.8, 4) is 5.75 Å². The van der Waals surface area contributed by atoms with E-state index in [1.54, 1.807) is 12.1 Å². The van der Waals surface area contributed by atoms with Crippen molar-refractivity contribution in [1.82, 2.24) is 0 Å². The molecule has 34 heavy (non-hydrogen) atoms. The van der Waals surface area contributed by atoms with E-state index in [4.69, 9.17) is 14.2 Å². The molecule has 0 radical (unpaired) electrons. The van der Waals surface area contributed by atoms with E-state index < -0.39 is 17.5 Å². The fourth-order valence-electron chi connectivity index (χ4n) is 3.45. The molecular weight excluding hydrogens is 432 g/mol. The second-order valence-corrected chi connectivity index (χ2v) is 7.89. The maximum absolute atomic E-state index is 12.1. The Morgan fingerprint density at radius 1 is 0.941 bits per heavy atom. The van der Waals surface area contributed by atoms with Crippen LogP contribution in [0, 0.1) is 0 Å². The molecule has 0 atom stereocenters. The minimum Gasteiger partial charge on any atom is -0.489 e. The molecule has 1 N–H and O–H groups in total. The summed E-state index contributed by atoms with van der Waals surface area (Å²) in [7, 11) is 2.52. The van der Waals surface area contributed by atoms with Gasteiger partial charge in [0.05, 0.1) is 30.9 Å². The summed E-state index contributed by atoms with van der Waals surface area (Å²) in [6, 6.07) is 12.6. The highest BCUT2D eigenvalue weighted by Crippen LogP contribution is 2.25. The molecule has 2 aromatic rings. The fourth-order valence-corrected chi connectivity index (χ4v) is 3.45. The highest BCUT2D eigenvalue weighted by Gasteiger charge is 2.19. The minimum absolute atomic E-state index is 0.131. The molecule has 0 heterocycles. The molecule has 0 saturated heterocycles. The largest absolute Gasteiger partial charge is 0.489 e. The SMILES string of the molecule is CC/C(=C/C=C/C(O)(CC)CC)c1cccc(OCc2ccc(C(=O)OC)c(C(=O)OC)c2)c1. The molecular formula is C28H34O6. The van der Waals surface area contributed by atoms with Crippen LogP contribution in [0.2, 0.25) is 0 Å². The zero-order valence-corrected chi connectivity index (χ0v) is 20.6. The van der Waals surface area contributed by atoms with Crippen LogP contribution in [0.5, 0.6) is 5.75 Å². The molecule has 0 aliphatic carbocycles. The van der Waals surface area contributed by atoms with Crippen molar-refractivity contribution in [2.45, 2.75) is 52.2 Å². The molecule has 0 amide bonds. The van der Waals surface area contributed by atoms with Gasteiger partial charge in [-0.05, 0) is 60.2 Å². The van der Waals surface area contributed by atoms with Crippen molar-refractivity contribution >= 4 is 17.5 Å². The molecule has 0 fully saturated rings. The van der Waals surface area contributed by atoms with Gasteiger partial charge in [0.25, 0.3) is 0 Å². The Morgan fingerprint density at radius 2 is 1.62 bits per heavy atom. The first kappa shape index (κ1) is 26.9. The van der Waals surface area contributed by atoms with Gasteiger partial charge in [0.2, 0.25) is 0 Å². The first-order valence-electron chi connectivity index (χ1n) is 11.4. The maximum Gasteiger partial charge on any atom is 0.338 e. The van der Waals surface area contributed by atoms with Crippen molar-refractivity contribution in [2.24, 2.45) is 0 Å². The van der Waals surface area contributed by atoms with Gasteiger partial charge in [0, 0.05) is 0 Å². The number of benzene rings is 2. The molecule has 2 aromatic carbocycles. The number of esters is 2. The number of allylic oxidation sites excluding steroid dienone is 3. The van der Waals surface area contributed by atoms with Crippen molar-refractivity contribution < 1.29 is 28.9 Å². The molecule has 6 heteroatoms. The molecule has 0 saturated carbocycles. The van der Waals surface area contributed by atoms with Gasteiger partial charge in [-0.2, -0.15) is 0 Å². The molecule has 0 aliphatic heterocycles. The van der Waals surface area contributed by atoms with E-state index in [0.717, 1.165) is 17.6 Å². The second-order valence-electron chi connectivity index (χ2n) is 7.89. The molecule has 0 unspecified atom stereocenters. The molecule has 182 valence electrons. The zero-order valence-electron chi connectivity index (χ0n) is 20.6. The van der Waals surface area contributed by atoms with Gasteiger partial charge in [0.15, 0.2) is 0 Å². The van der Waals surface area contributed by atoms with E-state index in [9.17, 15) is 14.7 Å². The number of ether oxygens (including phenoxy) is 3. The lowest BCUT2D eigenvalue weighted by Crippen LogP contribution is -2.22. The summed E-state index contributed by atoms with van der Waals surface area (Å²) in [6.45, 7) is 6.22. The lowest BCUT2D eigenvalue weighted by molar-refractivity contribution is 0.0555. The topological polar surface area (TPSA) is 82.1 Å². The quantitative estimate of drug-likeness (QED) is 0.336. The Hall–Kier alpha value is -3.38. The summed E-state index contributed by atoms with van der Waals surface area (Å²) in [4.78, 5) is 24.1. The summed E-state index contributed by atoms with van der Waals surface area (Å²) in [5, 5.41) is 10.4. The van der Waals surface area contributed by atoms with Gasteiger partial charge in [0.1, 0.15) is 12.4 Å². The molecule has 6 nitrogen and oxygen atoms in total. The van der Waals surface area contributed by atoms with Crippen molar-refractivity contribution in [3.05, 3.63) is 82.9 Å². The Morgan fingerprint density at radius 3 is 2.24 bits per heavy atom. The van der Waals surface area contributed by atoms with Crippen molar-refractivity contribution in [2.75, 3.05) is 14.2 Å². The Balaban J connectivity index is 2.21. The van der Waals surface area contributed by atoms with E-state index in [1.165, 1.54) is 20.3 Å². The maximum atomic E-state index is 12.1. The minimum atomic E-state index is -0.785. The van der Waals surface area contributed by atoms with Crippen LogP contribution in [-0.4, -0.2) is 36.9 Å². The summed E-state index contributed by atoms with van der Waals surface area (Å²) in [5.41, 5.74) is 2.35. The normalized spacial score (nSPS) is 12.0. The number of rotatable bonds is 11. The zero-order chi connectivity index (χ0) is 25.1. The van der Waals surface area contributed by atoms with E-state index >= 15 is 0 Å². The van der Waals surface area contributed by atoms with Gasteiger partial charge in [-0.1, -0.05) is 57.2 Å². The third-order valence-electron chi connectivity index (χ3n) is 5.81. The van der Waals surface area contributed by atoms with Crippen LogP contribution in [0.1, 0.15) is 71.9 Å². The first-order valence-corrected chi connectivity index (χ1v) is 11.4. The van der Waals surface area contributed by atoms with Crippen LogP contribution in [0.3, 0.4) is 0 Å². The van der Waals surface area contributed by atoms with Crippen LogP contribution < -0.4 is 4.74 Å². The van der Waals surface area contributed by atoms with Crippen molar-refractivity contribution in [1.29, 1.82) is 0 Å². The number of aliphatic hydroxyl groups is 1. The van der Waals surface area contributed by atoms with E-state index in [0.29, 0.717) is 24.2 Å². The van der Waals surface area contributed by atoms with Gasteiger partial charge in [-0.25, -0.2) is 9.59 Å². The fraction of sp³-hybridized carbons (Fsp3) is 0.357. The lowest BCUT2D eigenvalue weighted by Gasteiger charge is -2.20. The predicted octanol–water partition coefficient (Wildman–Crippen LogP) is 5.74. The molecule has 0 bridgehead atoms. The average Bonchev–Trinajstić information content (AvgIpc) is 2.88. The van der Waals surface area contributed by atoms with Crippen LogP contribution >= 0.6 is 0 Å². The number of carbonyl (C=O) groups is 2. The first-order chi connectivity index (χ1) is 16.3. The lowest BCUT2D eigenvalue weighted by atomic mass is 9.96. The van der Waals surface area contributed by atoms with E-state index in [2.05, 4.69) is 6.92 Å². The second kappa shape index (κ2) is 12.8. The Bertz CT molecular complexity index is 1050. The average molecular weight is 467 g/mol. The smallest absolute Gasteiger partial charge is 0.338 e. The van der Waals surface area contributed by atoms with Gasteiger partial charge >= 0.3 is 11.9 Å². The standard InChI is InChI=1S/C28H34O6/c1-6-21(12-10-16-28(31,7-2)8-3)22-11-9-13-23(18-22)34-19-20-14-15-24(26(29)32-4)25(17-20)27(30)33-5/h9-18,31H,6-8,19H2,1-5H3/b16-10+,21-12-. The molecule has 0 aliphatic rings. The van der Waals surface area contributed by atoms with Crippen LogP contribution in [-0.2, 0) is 16.1 Å². The summed E-state index contributed by atoms with van der Waals surface area (Å²) >= 11 is 0. The summed E-state index contributed by atoms with van der Waals surface area (Å²) in [6.07, 6.45) is 7.93. The third-order valence-corrected chi connectivity index (χ3v) is 5.81.